The molecule has 28 heavy (non-hydrogen) atoms. The van der Waals surface area contributed by atoms with Crippen molar-refractivity contribution in [1.29, 1.82) is 0 Å². The molecule has 0 unspecified atom stereocenters. The van der Waals surface area contributed by atoms with Gasteiger partial charge in [0.15, 0.2) is 11.5 Å². The first-order valence-corrected chi connectivity index (χ1v) is 9.08. The van der Waals surface area contributed by atoms with Crippen LogP contribution in [0.5, 0.6) is 17.2 Å². The van der Waals surface area contributed by atoms with Crippen LogP contribution >= 0.6 is 0 Å². The number of aryl methyl sites for hydroxylation is 1. The van der Waals surface area contributed by atoms with Crippen LogP contribution in [0.15, 0.2) is 48.8 Å². The molecule has 0 saturated heterocycles. The number of aromatic nitrogens is 2. The monoisotopic (exact) mass is 383 g/mol. The van der Waals surface area contributed by atoms with E-state index in [4.69, 9.17) is 14.2 Å². The molecule has 146 valence electrons. The van der Waals surface area contributed by atoms with Gasteiger partial charge in [-0.3, -0.25) is 5.32 Å². The molecule has 1 aliphatic rings. The van der Waals surface area contributed by atoms with E-state index in [0.29, 0.717) is 37.0 Å². The van der Waals surface area contributed by atoms with Gasteiger partial charge in [0, 0.05) is 26.0 Å². The molecule has 3 aromatic rings. The van der Waals surface area contributed by atoms with Crippen LogP contribution in [-0.4, -0.2) is 29.9 Å². The molecule has 1 N–H and O–H groups in total. The van der Waals surface area contributed by atoms with E-state index in [-0.39, 0.29) is 11.9 Å². The molecule has 2 aromatic carbocycles. The summed E-state index contributed by atoms with van der Waals surface area (Å²) in [5, 5.41) is 3.52. The lowest BCUT2D eigenvalue weighted by Gasteiger charge is -2.23. The standard InChI is InChI=1S/C21H22FN3O3/c1-25-8-7-23-21(25)19(15-3-5-16(22)6-4-15)24-13-14-11-17(26-2)20-18(12-14)27-9-10-28-20/h3-8,11-12,19,24H,9-10,13H2,1-2H3/t19-/m1/s1. The van der Waals surface area contributed by atoms with Crippen molar-refractivity contribution in [2.45, 2.75) is 12.6 Å². The first kappa shape index (κ1) is 18.3. The highest BCUT2D eigenvalue weighted by Crippen LogP contribution is 2.40. The Morgan fingerprint density at radius 1 is 1.21 bits per heavy atom. The van der Waals surface area contributed by atoms with Crippen LogP contribution < -0.4 is 19.5 Å². The van der Waals surface area contributed by atoms with Crippen LogP contribution in [0.2, 0.25) is 0 Å². The summed E-state index contributed by atoms with van der Waals surface area (Å²) in [7, 11) is 3.55. The summed E-state index contributed by atoms with van der Waals surface area (Å²) >= 11 is 0. The molecular formula is C21H22FN3O3. The molecule has 0 amide bonds. The van der Waals surface area contributed by atoms with E-state index in [1.54, 1.807) is 25.4 Å². The molecule has 6 nitrogen and oxygen atoms in total. The van der Waals surface area contributed by atoms with Gasteiger partial charge in [-0.05, 0) is 35.4 Å². The number of nitrogens with one attached hydrogen (secondary N) is 1. The number of methoxy groups -OCH3 is 1. The maximum atomic E-state index is 13.4. The Morgan fingerprint density at radius 3 is 2.71 bits per heavy atom. The molecule has 0 radical (unpaired) electrons. The lowest BCUT2D eigenvalue weighted by atomic mass is 10.1. The van der Waals surface area contributed by atoms with Crippen LogP contribution in [-0.2, 0) is 13.6 Å². The SMILES string of the molecule is COc1cc(CN[C@H](c2ccc(F)cc2)c2nccn2C)cc2c1OCCO2. The molecule has 1 aliphatic heterocycles. The van der Waals surface area contributed by atoms with E-state index in [2.05, 4.69) is 10.3 Å². The second-order valence-electron chi connectivity index (χ2n) is 6.58. The number of halogens is 1. The average Bonchev–Trinajstić information content (AvgIpc) is 3.14. The maximum Gasteiger partial charge on any atom is 0.203 e. The smallest absolute Gasteiger partial charge is 0.203 e. The molecule has 1 aromatic heterocycles. The predicted octanol–water partition coefficient (Wildman–Crippen LogP) is 3.22. The number of rotatable bonds is 6. The Hall–Kier alpha value is -3.06. The van der Waals surface area contributed by atoms with Crippen LogP contribution in [0.25, 0.3) is 0 Å². The van der Waals surface area contributed by atoms with Gasteiger partial charge in [-0.15, -0.1) is 0 Å². The summed E-state index contributed by atoms with van der Waals surface area (Å²) in [6, 6.07) is 10.1. The Labute approximate surface area is 162 Å². The van der Waals surface area contributed by atoms with E-state index in [1.165, 1.54) is 12.1 Å². The molecule has 0 bridgehead atoms. The third kappa shape index (κ3) is 3.66. The first-order chi connectivity index (χ1) is 13.7. The molecule has 0 aliphatic carbocycles. The molecule has 7 heteroatoms. The van der Waals surface area contributed by atoms with Crippen LogP contribution in [0, 0.1) is 5.82 Å². The predicted molar refractivity (Wildman–Crippen MR) is 102 cm³/mol. The summed E-state index contributed by atoms with van der Waals surface area (Å²) in [6.07, 6.45) is 3.64. The van der Waals surface area contributed by atoms with Gasteiger partial charge in [0.25, 0.3) is 0 Å². The third-order valence-electron chi connectivity index (χ3n) is 4.72. The molecule has 0 saturated carbocycles. The van der Waals surface area contributed by atoms with E-state index in [0.717, 1.165) is 17.0 Å². The fraction of sp³-hybridized carbons (Fsp3) is 0.286. The van der Waals surface area contributed by atoms with Crippen LogP contribution in [0.3, 0.4) is 0 Å². The highest BCUT2D eigenvalue weighted by molar-refractivity contribution is 5.54. The second-order valence-corrected chi connectivity index (χ2v) is 6.58. The van der Waals surface area contributed by atoms with Gasteiger partial charge in [-0.1, -0.05) is 12.1 Å². The zero-order valence-corrected chi connectivity index (χ0v) is 15.8. The summed E-state index contributed by atoms with van der Waals surface area (Å²) in [5.74, 6) is 2.54. The van der Waals surface area contributed by atoms with Crippen LogP contribution in [0.1, 0.15) is 23.0 Å². The van der Waals surface area contributed by atoms with Crippen molar-refractivity contribution >= 4 is 0 Å². The number of ether oxygens (including phenoxy) is 3. The highest BCUT2D eigenvalue weighted by atomic mass is 19.1. The van der Waals surface area contributed by atoms with E-state index in [1.807, 2.05) is 29.9 Å². The summed E-state index contributed by atoms with van der Waals surface area (Å²) in [4.78, 5) is 4.47. The van der Waals surface area contributed by atoms with Crippen molar-refractivity contribution < 1.29 is 18.6 Å². The highest BCUT2D eigenvalue weighted by Gasteiger charge is 2.21. The van der Waals surface area contributed by atoms with E-state index < -0.39 is 0 Å². The van der Waals surface area contributed by atoms with Crippen molar-refractivity contribution in [1.82, 2.24) is 14.9 Å². The van der Waals surface area contributed by atoms with Gasteiger partial charge in [-0.25, -0.2) is 9.37 Å². The zero-order chi connectivity index (χ0) is 19.5. The van der Waals surface area contributed by atoms with Crippen molar-refractivity contribution in [2.24, 2.45) is 7.05 Å². The van der Waals surface area contributed by atoms with Gasteiger partial charge >= 0.3 is 0 Å². The molecule has 4 rings (SSSR count). The summed E-state index contributed by atoms with van der Waals surface area (Å²) in [5.41, 5.74) is 1.92. The van der Waals surface area contributed by atoms with E-state index in [9.17, 15) is 4.39 Å². The van der Waals surface area contributed by atoms with Crippen molar-refractivity contribution in [3.05, 3.63) is 71.6 Å². The average molecular weight is 383 g/mol. The third-order valence-corrected chi connectivity index (χ3v) is 4.72. The zero-order valence-electron chi connectivity index (χ0n) is 15.8. The number of hydrogen-bond acceptors (Lipinski definition) is 5. The van der Waals surface area contributed by atoms with Crippen molar-refractivity contribution in [3.8, 4) is 17.2 Å². The Morgan fingerprint density at radius 2 is 2.00 bits per heavy atom. The quantitative estimate of drug-likeness (QED) is 0.708. The molecule has 2 heterocycles. The number of fused-ring (bicyclic) bond motifs is 1. The van der Waals surface area contributed by atoms with Gasteiger partial charge in [0.1, 0.15) is 24.9 Å². The Kier molecular flexibility index (Phi) is 5.16. The fourth-order valence-electron chi connectivity index (χ4n) is 3.32. The molecular weight excluding hydrogens is 361 g/mol. The normalized spacial score (nSPS) is 14.0. The van der Waals surface area contributed by atoms with Crippen LogP contribution in [0.4, 0.5) is 4.39 Å². The first-order valence-electron chi connectivity index (χ1n) is 9.08. The molecule has 1 atom stereocenters. The number of nitrogens with zero attached hydrogens (tertiary/aromatic N) is 2. The number of benzene rings is 2. The number of imidazole rings is 1. The maximum absolute atomic E-state index is 13.4. The minimum atomic E-state index is -0.265. The molecule has 0 fully saturated rings. The lowest BCUT2D eigenvalue weighted by molar-refractivity contribution is 0.165. The summed E-state index contributed by atoms with van der Waals surface area (Å²) < 4.78 is 32.2. The summed E-state index contributed by atoms with van der Waals surface area (Å²) in [6.45, 7) is 1.56. The van der Waals surface area contributed by atoms with Gasteiger partial charge < -0.3 is 18.8 Å². The minimum absolute atomic E-state index is 0.195. The Bertz CT molecular complexity index is 939. The van der Waals surface area contributed by atoms with Gasteiger partial charge in [0.05, 0.1) is 13.2 Å². The van der Waals surface area contributed by atoms with Gasteiger partial charge in [-0.2, -0.15) is 0 Å². The fourth-order valence-corrected chi connectivity index (χ4v) is 3.32. The Balaban J connectivity index is 1.61. The van der Waals surface area contributed by atoms with Gasteiger partial charge in [0.2, 0.25) is 5.75 Å². The topological polar surface area (TPSA) is 57.5 Å². The van der Waals surface area contributed by atoms with E-state index >= 15 is 0 Å². The van der Waals surface area contributed by atoms with Crippen molar-refractivity contribution in [3.63, 3.8) is 0 Å². The molecule has 0 spiro atoms. The largest absolute Gasteiger partial charge is 0.493 e. The lowest BCUT2D eigenvalue weighted by Crippen LogP contribution is -2.25. The second kappa shape index (κ2) is 7.90. The van der Waals surface area contributed by atoms with Crippen molar-refractivity contribution in [2.75, 3.05) is 20.3 Å². The minimum Gasteiger partial charge on any atom is -0.493 e. The number of hydrogen-bond donors (Lipinski definition) is 1.